The smallest absolute Gasteiger partial charge is 0.418 e. The van der Waals surface area contributed by atoms with Crippen LogP contribution in [-0.4, -0.2) is 99.2 Å². The molecule has 3 aliphatic rings. The van der Waals surface area contributed by atoms with Crippen molar-refractivity contribution in [2.75, 3.05) is 45.2 Å². The molecule has 7 rings (SSSR count). The summed E-state index contributed by atoms with van der Waals surface area (Å²) >= 11 is 5.84. The number of carbonyl (C=O) groups is 1. The van der Waals surface area contributed by atoms with Gasteiger partial charge in [-0.25, -0.2) is 23.1 Å². The van der Waals surface area contributed by atoms with E-state index < -0.39 is 51.7 Å². The standard InChI is InChI=1S/C29H25ClF5N7O2.C7H12FN.C2H6/c1-14-10-16(38-15(2)37-14)11-21(31)27(43)42-9-8-17(13-42)41(3)26-19-12-36-24(23(32)25(19)39-28(40-26)44-4)18-6-5-7-20(30)22(18)29(33,34)35;8-6-4-7-2-1-3-9(7)5-6;1-2/h5-7,10-12,17H,8-9,13H2,1-4H3;6-7H,1-5H2;1-2H3/b21-11-;;. The molecule has 3 aliphatic heterocycles. The first-order chi connectivity index (χ1) is 26.1. The maximum absolute atomic E-state index is 15.9. The summed E-state index contributed by atoms with van der Waals surface area (Å²) in [6.45, 7) is 9.59. The van der Waals surface area contributed by atoms with Gasteiger partial charge in [0.25, 0.3) is 5.91 Å². The fourth-order valence-electron chi connectivity index (χ4n) is 7.18. The van der Waals surface area contributed by atoms with Gasteiger partial charge in [-0.2, -0.15) is 23.1 Å². The van der Waals surface area contributed by atoms with Gasteiger partial charge in [-0.15, -0.1) is 0 Å². The highest BCUT2D eigenvalue weighted by molar-refractivity contribution is 6.31. The summed E-state index contributed by atoms with van der Waals surface area (Å²) in [6.07, 6.45) is 0.582. The number of pyridine rings is 1. The van der Waals surface area contributed by atoms with Crippen LogP contribution in [0.1, 0.15) is 62.3 Å². The number of hydrogen-bond acceptors (Lipinski definition) is 9. The van der Waals surface area contributed by atoms with Crippen LogP contribution in [0.3, 0.4) is 0 Å². The molecule has 4 aromatic rings. The summed E-state index contributed by atoms with van der Waals surface area (Å²) in [6, 6.07) is 4.93. The van der Waals surface area contributed by atoms with Gasteiger partial charge in [0.15, 0.2) is 11.6 Å². The molecule has 1 amide bonds. The Morgan fingerprint density at radius 1 is 1.07 bits per heavy atom. The highest BCUT2D eigenvalue weighted by Gasteiger charge is 2.38. The minimum atomic E-state index is -4.88. The number of rotatable bonds is 6. The van der Waals surface area contributed by atoms with E-state index in [2.05, 4.69) is 29.8 Å². The van der Waals surface area contributed by atoms with Gasteiger partial charge in [0.2, 0.25) is 0 Å². The lowest BCUT2D eigenvalue weighted by atomic mass is 10.0. The Morgan fingerprint density at radius 2 is 1.82 bits per heavy atom. The third-order valence-electron chi connectivity index (χ3n) is 9.64. The molecule has 3 fully saturated rings. The molecule has 3 saturated heterocycles. The predicted molar refractivity (Wildman–Crippen MR) is 199 cm³/mol. The van der Waals surface area contributed by atoms with E-state index in [1.54, 1.807) is 31.9 Å². The van der Waals surface area contributed by atoms with Crippen molar-refractivity contribution in [1.29, 1.82) is 0 Å². The van der Waals surface area contributed by atoms with Gasteiger partial charge < -0.3 is 14.5 Å². The number of hydrogen-bond donors (Lipinski definition) is 0. The van der Waals surface area contributed by atoms with Crippen molar-refractivity contribution in [3.05, 3.63) is 69.9 Å². The van der Waals surface area contributed by atoms with E-state index in [1.165, 1.54) is 37.1 Å². The number of nitrogens with zero attached hydrogens (tertiary/aromatic N) is 8. The van der Waals surface area contributed by atoms with Crippen LogP contribution < -0.4 is 9.64 Å². The number of aromatic nitrogens is 5. The monoisotopic (exact) mass is 792 g/mol. The third-order valence-corrected chi connectivity index (χ3v) is 9.95. The second-order valence-corrected chi connectivity index (χ2v) is 13.7. The fraction of sp³-hybridized carbons (Fsp3) is 0.474. The number of ether oxygens (including phenoxy) is 1. The molecule has 0 spiro atoms. The van der Waals surface area contributed by atoms with Crippen LogP contribution in [0.15, 0.2) is 36.3 Å². The Hall–Kier alpha value is -4.57. The zero-order valence-corrected chi connectivity index (χ0v) is 32.1. The average Bonchev–Trinajstić information content (AvgIpc) is 3.88. The highest BCUT2D eigenvalue weighted by Crippen LogP contribution is 2.43. The van der Waals surface area contributed by atoms with E-state index in [0.717, 1.165) is 31.2 Å². The molecule has 6 heterocycles. The van der Waals surface area contributed by atoms with Crippen molar-refractivity contribution in [3.8, 4) is 17.3 Å². The number of alkyl halides is 4. The van der Waals surface area contributed by atoms with E-state index in [4.69, 9.17) is 16.3 Å². The van der Waals surface area contributed by atoms with E-state index in [-0.39, 0.29) is 47.6 Å². The number of aryl methyl sites for hydroxylation is 2. The zero-order valence-electron chi connectivity index (χ0n) is 31.4. The topological polar surface area (TPSA) is 100 Å². The summed E-state index contributed by atoms with van der Waals surface area (Å²) in [5.74, 6) is -2.33. The van der Waals surface area contributed by atoms with Crippen LogP contribution in [0.4, 0.5) is 32.2 Å². The molecule has 3 unspecified atom stereocenters. The van der Waals surface area contributed by atoms with Gasteiger partial charge in [-0.3, -0.25) is 14.7 Å². The minimum absolute atomic E-state index is 0.0930. The summed E-state index contributed by atoms with van der Waals surface area (Å²) in [5, 5.41) is -0.513. The SMILES string of the molecule is CC.COc1nc(N(C)C2CCN(C(=O)/C(F)=C/c3cc(C)nc(C)n3)C2)c2cnc(-c3cccc(Cl)c3C(F)(F)F)c(F)c2n1.FC1CC2CCCN2C1. The summed E-state index contributed by atoms with van der Waals surface area (Å²) in [7, 11) is 2.90. The molecule has 55 heavy (non-hydrogen) atoms. The second kappa shape index (κ2) is 17.5. The third kappa shape index (κ3) is 9.29. The van der Waals surface area contributed by atoms with E-state index in [1.807, 2.05) is 13.8 Å². The first-order valence-corrected chi connectivity index (χ1v) is 18.4. The number of benzene rings is 1. The van der Waals surface area contributed by atoms with Gasteiger partial charge in [0.05, 0.1) is 28.8 Å². The van der Waals surface area contributed by atoms with Crippen molar-refractivity contribution in [2.24, 2.45) is 0 Å². The molecule has 17 heteroatoms. The molecule has 10 nitrogen and oxygen atoms in total. The molecular formula is C38H43ClF6N8O2. The lowest BCUT2D eigenvalue weighted by Gasteiger charge is -2.27. The molecule has 1 aromatic carbocycles. The molecule has 3 atom stereocenters. The first-order valence-electron chi connectivity index (χ1n) is 18.0. The summed E-state index contributed by atoms with van der Waals surface area (Å²) in [5.41, 5.74) is -1.81. The van der Waals surface area contributed by atoms with Crippen LogP contribution in [0.25, 0.3) is 28.2 Å². The molecule has 0 N–H and O–H groups in total. The lowest BCUT2D eigenvalue weighted by Crippen LogP contribution is -2.37. The molecule has 0 bridgehead atoms. The maximum Gasteiger partial charge on any atom is 0.418 e. The largest absolute Gasteiger partial charge is 0.467 e. The van der Waals surface area contributed by atoms with Crippen molar-refractivity contribution in [1.82, 2.24) is 34.7 Å². The van der Waals surface area contributed by atoms with Crippen LogP contribution in [-0.2, 0) is 11.0 Å². The number of halogens is 7. The number of amides is 1. The Morgan fingerprint density at radius 3 is 2.49 bits per heavy atom. The van der Waals surface area contributed by atoms with Crippen molar-refractivity contribution < 1.29 is 35.9 Å². The molecule has 0 aliphatic carbocycles. The van der Waals surface area contributed by atoms with E-state index in [0.29, 0.717) is 30.5 Å². The van der Waals surface area contributed by atoms with E-state index in [9.17, 15) is 26.7 Å². The van der Waals surface area contributed by atoms with Crippen LogP contribution >= 0.6 is 11.6 Å². The molecule has 3 aromatic heterocycles. The summed E-state index contributed by atoms with van der Waals surface area (Å²) < 4.78 is 90.1. The summed E-state index contributed by atoms with van der Waals surface area (Å²) in [4.78, 5) is 38.9. The second-order valence-electron chi connectivity index (χ2n) is 13.3. The highest BCUT2D eigenvalue weighted by atomic mass is 35.5. The molecule has 0 saturated carbocycles. The van der Waals surface area contributed by atoms with Gasteiger partial charge in [-0.05, 0) is 58.2 Å². The van der Waals surface area contributed by atoms with Crippen molar-refractivity contribution in [3.63, 3.8) is 0 Å². The minimum Gasteiger partial charge on any atom is -0.467 e. The van der Waals surface area contributed by atoms with Crippen LogP contribution in [0, 0.1) is 19.7 Å². The quantitative estimate of drug-likeness (QED) is 0.141. The van der Waals surface area contributed by atoms with Crippen molar-refractivity contribution in [2.45, 2.75) is 77.8 Å². The number of anilines is 1. The molecule has 296 valence electrons. The van der Waals surface area contributed by atoms with Gasteiger partial charge in [0.1, 0.15) is 29.0 Å². The number of fused-ring (bicyclic) bond motifs is 2. The van der Waals surface area contributed by atoms with Gasteiger partial charge in [-0.1, -0.05) is 37.6 Å². The average molecular weight is 793 g/mol. The normalized spacial score (nSPS) is 19.8. The number of likely N-dealkylation sites (N-methyl/N-ethyl adjacent to an activating group) is 1. The van der Waals surface area contributed by atoms with Crippen LogP contribution in [0.2, 0.25) is 5.02 Å². The first kappa shape index (κ1) is 41.6. The molecule has 0 radical (unpaired) electrons. The van der Waals surface area contributed by atoms with Crippen molar-refractivity contribution >= 4 is 40.3 Å². The number of carbonyl (C=O) groups excluding carboxylic acids is 1. The molecular weight excluding hydrogens is 750 g/mol. The Labute approximate surface area is 320 Å². The fourth-order valence-corrected chi connectivity index (χ4v) is 7.47. The maximum atomic E-state index is 15.9. The predicted octanol–water partition coefficient (Wildman–Crippen LogP) is 8.19. The van der Waals surface area contributed by atoms with E-state index >= 15 is 4.39 Å². The Balaban J connectivity index is 0.000000452. The number of likely N-dealkylation sites (tertiary alicyclic amines) is 1. The zero-order chi connectivity index (χ0) is 40.2. The Kier molecular flexibility index (Phi) is 13.2. The van der Waals surface area contributed by atoms with Crippen LogP contribution in [0.5, 0.6) is 6.01 Å². The Bertz CT molecular complexity index is 2020. The van der Waals surface area contributed by atoms with Gasteiger partial charge >= 0.3 is 12.2 Å². The van der Waals surface area contributed by atoms with Gasteiger partial charge in [0, 0.05) is 62.3 Å². The lowest BCUT2D eigenvalue weighted by molar-refractivity contribution is -0.137. The number of methoxy groups -OCH3 is 1.